The average molecular weight is 271 g/mol. The maximum Gasteiger partial charge on any atom is 0.175 e. The lowest BCUT2D eigenvalue weighted by Crippen LogP contribution is -2.16. The third-order valence-corrected chi connectivity index (χ3v) is 2.77. The number of anilines is 1. The van der Waals surface area contributed by atoms with Crippen LogP contribution in [-0.4, -0.2) is 18.4 Å². The number of fused-ring (bicyclic) bond motifs is 1. The first kappa shape index (κ1) is 11.2. The molecule has 2 N–H and O–H groups in total. The topological polar surface area (TPSA) is 70.5 Å². The van der Waals surface area contributed by atoms with E-state index >= 15 is 0 Å². The monoisotopic (exact) mass is 270 g/mol. The van der Waals surface area contributed by atoms with Gasteiger partial charge in [0.2, 0.25) is 0 Å². The number of nitrogens with zero attached hydrogens (tertiary/aromatic N) is 1. The van der Waals surface area contributed by atoms with Crippen molar-refractivity contribution in [2.75, 3.05) is 18.9 Å². The molecular formula is C11H8ClFN2O3. The van der Waals surface area contributed by atoms with E-state index in [9.17, 15) is 4.39 Å². The van der Waals surface area contributed by atoms with Crippen LogP contribution in [0.4, 0.5) is 10.2 Å². The van der Waals surface area contributed by atoms with Crippen LogP contribution in [0.2, 0.25) is 5.02 Å². The number of hydrogen-bond acceptors (Lipinski definition) is 5. The minimum Gasteiger partial charge on any atom is -0.486 e. The van der Waals surface area contributed by atoms with E-state index < -0.39 is 5.82 Å². The molecule has 1 aliphatic rings. The molecule has 0 saturated carbocycles. The number of halogens is 2. The van der Waals surface area contributed by atoms with Crippen LogP contribution in [0.15, 0.2) is 16.7 Å². The second-order valence-electron chi connectivity index (χ2n) is 3.69. The van der Waals surface area contributed by atoms with Crippen molar-refractivity contribution in [2.45, 2.75) is 0 Å². The number of nitrogen functional groups attached to an aromatic ring is 1. The van der Waals surface area contributed by atoms with Crippen LogP contribution < -0.4 is 15.2 Å². The number of hydrogen-bond donors (Lipinski definition) is 1. The van der Waals surface area contributed by atoms with Gasteiger partial charge in [0.05, 0.1) is 5.02 Å². The van der Waals surface area contributed by atoms with Gasteiger partial charge in [-0.05, 0) is 0 Å². The lowest BCUT2D eigenvalue weighted by molar-refractivity contribution is 0.171. The SMILES string of the molecule is Nc1cc(-c2c(F)c(Cl)cc3c2OCCO3)on1. The maximum absolute atomic E-state index is 14.1. The Kier molecular flexibility index (Phi) is 2.52. The smallest absolute Gasteiger partial charge is 0.175 e. The third-order valence-electron chi connectivity index (χ3n) is 2.50. The Balaban J connectivity index is 2.26. The van der Waals surface area contributed by atoms with E-state index in [-0.39, 0.29) is 27.9 Å². The first-order chi connectivity index (χ1) is 8.66. The van der Waals surface area contributed by atoms with Crippen LogP contribution in [-0.2, 0) is 0 Å². The Bertz CT molecular complexity index is 615. The molecule has 2 aromatic rings. The fourth-order valence-corrected chi connectivity index (χ4v) is 1.95. The van der Waals surface area contributed by atoms with Crippen molar-refractivity contribution in [3.8, 4) is 22.8 Å². The summed E-state index contributed by atoms with van der Waals surface area (Å²) in [6, 6.07) is 2.77. The van der Waals surface area contributed by atoms with Crippen molar-refractivity contribution < 1.29 is 18.4 Å². The van der Waals surface area contributed by atoms with Gasteiger partial charge in [0.15, 0.2) is 28.9 Å². The number of benzene rings is 1. The van der Waals surface area contributed by atoms with Crippen molar-refractivity contribution >= 4 is 17.4 Å². The quantitative estimate of drug-likeness (QED) is 0.862. The number of ether oxygens (including phenoxy) is 2. The van der Waals surface area contributed by atoms with Gasteiger partial charge in [-0.25, -0.2) is 4.39 Å². The zero-order valence-corrected chi connectivity index (χ0v) is 9.83. The highest BCUT2D eigenvalue weighted by Crippen LogP contribution is 2.44. The first-order valence-electron chi connectivity index (χ1n) is 5.17. The predicted octanol–water partition coefficient (Wildman–Crippen LogP) is 2.49. The largest absolute Gasteiger partial charge is 0.486 e. The molecule has 18 heavy (non-hydrogen) atoms. The predicted molar refractivity (Wildman–Crippen MR) is 62.3 cm³/mol. The molecule has 7 heteroatoms. The summed E-state index contributed by atoms with van der Waals surface area (Å²) in [6.07, 6.45) is 0. The van der Waals surface area contributed by atoms with Crippen molar-refractivity contribution in [3.63, 3.8) is 0 Å². The van der Waals surface area contributed by atoms with E-state index in [1.54, 1.807) is 0 Å². The lowest BCUT2D eigenvalue weighted by Gasteiger charge is -2.21. The lowest BCUT2D eigenvalue weighted by atomic mass is 10.1. The maximum atomic E-state index is 14.1. The van der Waals surface area contributed by atoms with Gasteiger partial charge in [0.1, 0.15) is 18.8 Å². The molecule has 0 spiro atoms. The minimum atomic E-state index is -0.655. The van der Waals surface area contributed by atoms with E-state index in [4.69, 9.17) is 31.3 Å². The molecule has 1 aromatic heterocycles. The number of aromatic nitrogens is 1. The molecule has 94 valence electrons. The van der Waals surface area contributed by atoms with Crippen molar-refractivity contribution in [1.82, 2.24) is 5.16 Å². The van der Waals surface area contributed by atoms with Crippen molar-refractivity contribution in [3.05, 3.63) is 23.0 Å². The molecule has 0 radical (unpaired) electrons. The minimum absolute atomic E-state index is 0.0707. The molecule has 0 fully saturated rings. The highest BCUT2D eigenvalue weighted by molar-refractivity contribution is 6.31. The molecule has 5 nitrogen and oxygen atoms in total. The fraction of sp³-hybridized carbons (Fsp3) is 0.182. The fourth-order valence-electron chi connectivity index (χ4n) is 1.76. The van der Waals surface area contributed by atoms with Gasteiger partial charge < -0.3 is 19.7 Å². The van der Waals surface area contributed by atoms with Crippen LogP contribution in [0.25, 0.3) is 11.3 Å². The molecule has 0 bridgehead atoms. The van der Waals surface area contributed by atoms with E-state index in [1.807, 2.05) is 0 Å². The van der Waals surface area contributed by atoms with Gasteiger partial charge in [0, 0.05) is 12.1 Å². The van der Waals surface area contributed by atoms with Gasteiger partial charge in [-0.2, -0.15) is 0 Å². The molecular weight excluding hydrogens is 263 g/mol. The second-order valence-corrected chi connectivity index (χ2v) is 4.09. The van der Waals surface area contributed by atoms with Crippen molar-refractivity contribution in [2.24, 2.45) is 0 Å². The molecule has 0 aliphatic carbocycles. The summed E-state index contributed by atoms with van der Waals surface area (Å²) < 4.78 is 29.8. The normalized spacial score (nSPS) is 13.7. The molecule has 1 aliphatic heterocycles. The van der Waals surface area contributed by atoms with E-state index in [0.29, 0.717) is 19.0 Å². The molecule has 1 aromatic carbocycles. The van der Waals surface area contributed by atoms with Crippen LogP contribution in [0.3, 0.4) is 0 Å². The summed E-state index contributed by atoms with van der Waals surface area (Å²) in [5.41, 5.74) is 5.52. The Morgan fingerprint density at radius 1 is 1.28 bits per heavy atom. The van der Waals surface area contributed by atoms with Crippen LogP contribution in [0.5, 0.6) is 11.5 Å². The Labute approximate surface area is 106 Å². The van der Waals surface area contributed by atoms with E-state index in [0.717, 1.165) is 0 Å². The molecule has 0 amide bonds. The summed E-state index contributed by atoms with van der Waals surface area (Å²) >= 11 is 5.80. The van der Waals surface area contributed by atoms with Crippen LogP contribution in [0, 0.1) is 5.82 Å². The molecule has 0 atom stereocenters. The Hall–Kier alpha value is -1.95. The molecule has 3 rings (SSSR count). The summed E-state index contributed by atoms with van der Waals surface area (Å²) in [5.74, 6) is 0.262. The van der Waals surface area contributed by atoms with E-state index in [2.05, 4.69) is 5.16 Å². The van der Waals surface area contributed by atoms with Gasteiger partial charge >= 0.3 is 0 Å². The van der Waals surface area contributed by atoms with E-state index in [1.165, 1.54) is 12.1 Å². The highest BCUT2D eigenvalue weighted by atomic mass is 35.5. The van der Waals surface area contributed by atoms with Gasteiger partial charge in [0.25, 0.3) is 0 Å². The van der Waals surface area contributed by atoms with Gasteiger partial charge in [-0.1, -0.05) is 16.8 Å². The van der Waals surface area contributed by atoms with Crippen LogP contribution >= 0.6 is 11.6 Å². The summed E-state index contributed by atoms with van der Waals surface area (Å²) in [6.45, 7) is 0.706. The summed E-state index contributed by atoms with van der Waals surface area (Å²) in [5, 5.41) is 3.43. The highest BCUT2D eigenvalue weighted by Gasteiger charge is 2.26. The first-order valence-corrected chi connectivity index (χ1v) is 5.55. The van der Waals surface area contributed by atoms with Gasteiger partial charge in [-0.3, -0.25) is 0 Å². The zero-order chi connectivity index (χ0) is 12.7. The molecule has 0 unspecified atom stereocenters. The number of rotatable bonds is 1. The average Bonchev–Trinajstić information content (AvgIpc) is 2.77. The Morgan fingerprint density at radius 3 is 2.78 bits per heavy atom. The summed E-state index contributed by atoms with van der Waals surface area (Å²) in [7, 11) is 0. The van der Waals surface area contributed by atoms with Crippen LogP contribution in [0.1, 0.15) is 0 Å². The standard InChI is InChI=1S/C11H8ClFN2O3/c12-5-3-7-11(17-2-1-16-7)9(10(5)13)6-4-8(14)15-18-6/h3-4H,1-2H2,(H2,14,15). The second kappa shape index (κ2) is 4.06. The van der Waals surface area contributed by atoms with Gasteiger partial charge in [-0.15, -0.1) is 0 Å². The number of nitrogens with two attached hydrogens (primary N) is 1. The molecule has 0 saturated heterocycles. The summed E-state index contributed by atoms with van der Waals surface area (Å²) in [4.78, 5) is 0. The third kappa shape index (κ3) is 1.65. The van der Waals surface area contributed by atoms with Crippen molar-refractivity contribution in [1.29, 1.82) is 0 Å². The Morgan fingerprint density at radius 2 is 2.06 bits per heavy atom. The zero-order valence-electron chi connectivity index (χ0n) is 9.07. The molecule has 2 heterocycles.